The number of benzene rings is 1. The van der Waals surface area contributed by atoms with E-state index in [1.165, 1.54) is 0 Å². The SMILES string of the molecule is C=CC(=NCC(CCCC)CCS(=O)O)Nn1c(-c2cccc(Cl)c2)cnc1C. The number of rotatable bonds is 11. The van der Waals surface area contributed by atoms with Gasteiger partial charge in [0.1, 0.15) is 11.7 Å². The summed E-state index contributed by atoms with van der Waals surface area (Å²) in [5.41, 5.74) is 5.09. The minimum atomic E-state index is -1.77. The summed E-state index contributed by atoms with van der Waals surface area (Å²) in [6.07, 6.45) is 7.28. The summed E-state index contributed by atoms with van der Waals surface area (Å²) in [7, 11) is 0. The second kappa shape index (κ2) is 11.9. The van der Waals surface area contributed by atoms with Crippen LogP contribution in [0.1, 0.15) is 38.4 Å². The van der Waals surface area contributed by atoms with Crippen LogP contribution in [0.5, 0.6) is 0 Å². The molecule has 0 saturated heterocycles. The number of hydrogen-bond acceptors (Lipinski definition) is 3. The average Bonchev–Trinajstić information content (AvgIpc) is 3.06. The lowest BCUT2D eigenvalue weighted by Gasteiger charge is -2.16. The molecule has 1 aromatic heterocycles. The van der Waals surface area contributed by atoms with Crippen LogP contribution < -0.4 is 5.43 Å². The molecule has 2 aromatic rings. The van der Waals surface area contributed by atoms with E-state index in [-0.39, 0.29) is 11.7 Å². The molecule has 0 radical (unpaired) electrons. The summed E-state index contributed by atoms with van der Waals surface area (Å²) < 4.78 is 22.0. The molecule has 2 rings (SSSR count). The highest BCUT2D eigenvalue weighted by Crippen LogP contribution is 2.23. The molecule has 0 aliphatic heterocycles. The summed E-state index contributed by atoms with van der Waals surface area (Å²) in [5, 5.41) is 0.658. The highest BCUT2D eigenvalue weighted by Gasteiger charge is 2.12. The summed E-state index contributed by atoms with van der Waals surface area (Å²) in [4.78, 5) is 9.08. The van der Waals surface area contributed by atoms with E-state index >= 15 is 0 Å². The third kappa shape index (κ3) is 7.42. The van der Waals surface area contributed by atoms with Crippen molar-refractivity contribution in [3.63, 3.8) is 0 Å². The van der Waals surface area contributed by atoms with E-state index in [4.69, 9.17) is 16.2 Å². The number of aryl methyl sites for hydroxylation is 1. The zero-order valence-corrected chi connectivity index (χ0v) is 18.5. The number of aliphatic imine (C=N–C) groups is 1. The van der Waals surface area contributed by atoms with E-state index in [9.17, 15) is 4.21 Å². The molecular weight excluding hydrogens is 408 g/mol. The van der Waals surface area contributed by atoms with Crippen LogP contribution >= 0.6 is 11.6 Å². The Kier molecular flexibility index (Phi) is 9.57. The van der Waals surface area contributed by atoms with Gasteiger partial charge < -0.3 is 4.55 Å². The van der Waals surface area contributed by atoms with Crippen molar-refractivity contribution in [2.24, 2.45) is 10.9 Å². The molecule has 2 unspecified atom stereocenters. The lowest BCUT2D eigenvalue weighted by molar-refractivity contribution is 0.458. The van der Waals surface area contributed by atoms with Crippen molar-refractivity contribution >= 4 is 28.5 Å². The zero-order valence-electron chi connectivity index (χ0n) is 17.0. The molecule has 0 aliphatic carbocycles. The van der Waals surface area contributed by atoms with E-state index in [1.54, 1.807) is 12.3 Å². The maximum absolute atomic E-state index is 11.0. The fraction of sp³-hybridized carbons (Fsp3) is 0.429. The predicted octanol–water partition coefficient (Wildman–Crippen LogP) is 5.06. The Hall–Kier alpha value is -1.96. The number of amidine groups is 1. The van der Waals surface area contributed by atoms with Gasteiger partial charge in [-0.2, -0.15) is 0 Å². The van der Waals surface area contributed by atoms with Crippen molar-refractivity contribution in [2.45, 2.75) is 39.5 Å². The molecule has 2 N–H and O–H groups in total. The van der Waals surface area contributed by atoms with Crippen LogP contribution in [-0.2, 0) is 11.1 Å². The monoisotopic (exact) mass is 436 g/mol. The normalized spacial score (nSPS) is 13.9. The first-order valence-corrected chi connectivity index (χ1v) is 11.4. The topological polar surface area (TPSA) is 79.5 Å². The highest BCUT2D eigenvalue weighted by atomic mass is 35.5. The Bertz CT molecular complexity index is 866. The van der Waals surface area contributed by atoms with Crippen molar-refractivity contribution < 1.29 is 8.76 Å². The summed E-state index contributed by atoms with van der Waals surface area (Å²) >= 11 is 4.36. The van der Waals surface area contributed by atoms with E-state index in [1.807, 2.05) is 35.9 Å². The van der Waals surface area contributed by atoms with Crippen LogP contribution in [-0.4, -0.2) is 36.6 Å². The van der Waals surface area contributed by atoms with Crippen LogP contribution in [0, 0.1) is 12.8 Å². The number of aromatic nitrogens is 2. The molecule has 2 atom stereocenters. The molecule has 1 aromatic carbocycles. The molecule has 0 saturated carbocycles. The van der Waals surface area contributed by atoms with Gasteiger partial charge in [-0.3, -0.25) is 10.4 Å². The van der Waals surface area contributed by atoms with Gasteiger partial charge in [-0.05, 0) is 43.9 Å². The van der Waals surface area contributed by atoms with Crippen LogP contribution in [0.4, 0.5) is 0 Å². The highest BCUT2D eigenvalue weighted by molar-refractivity contribution is 7.79. The minimum Gasteiger partial charge on any atom is -0.306 e. The van der Waals surface area contributed by atoms with Gasteiger partial charge in [-0.15, -0.1) is 0 Å². The van der Waals surface area contributed by atoms with Crippen molar-refractivity contribution in [1.82, 2.24) is 9.66 Å². The van der Waals surface area contributed by atoms with Gasteiger partial charge in [0, 0.05) is 22.9 Å². The van der Waals surface area contributed by atoms with Crippen molar-refractivity contribution in [3.05, 3.63) is 54.0 Å². The Morgan fingerprint density at radius 1 is 1.48 bits per heavy atom. The third-order valence-electron chi connectivity index (χ3n) is 4.66. The molecule has 0 fully saturated rings. The molecule has 0 bridgehead atoms. The van der Waals surface area contributed by atoms with Gasteiger partial charge >= 0.3 is 0 Å². The fourth-order valence-corrected chi connectivity index (χ4v) is 3.74. The largest absolute Gasteiger partial charge is 0.306 e. The van der Waals surface area contributed by atoms with Gasteiger partial charge in [0.2, 0.25) is 0 Å². The molecular formula is C21H29ClN4O2S. The molecule has 1 heterocycles. The van der Waals surface area contributed by atoms with Crippen molar-refractivity contribution in [3.8, 4) is 11.3 Å². The van der Waals surface area contributed by atoms with Crippen LogP contribution in [0.2, 0.25) is 5.02 Å². The summed E-state index contributed by atoms with van der Waals surface area (Å²) in [5.74, 6) is 1.95. The first-order chi connectivity index (χ1) is 13.9. The van der Waals surface area contributed by atoms with Gasteiger partial charge in [-0.25, -0.2) is 13.9 Å². The number of unbranched alkanes of at least 4 members (excludes halogenated alkanes) is 1. The predicted molar refractivity (Wildman–Crippen MR) is 123 cm³/mol. The summed E-state index contributed by atoms with van der Waals surface area (Å²) in [6, 6.07) is 7.59. The minimum absolute atomic E-state index is 0.263. The van der Waals surface area contributed by atoms with E-state index < -0.39 is 11.1 Å². The van der Waals surface area contributed by atoms with E-state index in [0.29, 0.717) is 23.8 Å². The van der Waals surface area contributed by atoms with Gasteiger partial charge in [0.15, 0.2) is 11.1 Å². The van der Waals surface area contributed by atoms with Crippen LogP contribution in [0.25, 0.3) is 11.3 Å². The van der Waals surface area contributed by atoms with Gasteiger partial charge in [-0.1, -0.05) is 50.1 Å². The molecule has 0 spiro atoms. The quantitative estimate of drug-likeness (QED) is 0.293. The summed E-state index contributed by atoms with van der Waals surface area (Å²) in [6.45, 7) is 8.48. The van der Waals surface area contributed by atoms with Crippen LogP contribution in [0.3, 0.4) is 0 Å². The second-order valence-electron chi connectivity index (χ2n) is 6.90. The molecule has 29 heavy (non-hydrogen) atoms. The molecule has 8 heteroatoms. The smallest absolute Gasteiger partial charge is 0.152 e. The Labute approximate surface area is 180 Å². The number of halogens is 1. The third-order valence-corrected chi connectivity index (χ3v) is 5.48. The number of nitrogens with one attached hydrogen (secondary N) is 1. The fourth-order valence-electron chi connectivity index (χ4n) is 3.01. The Balaban J connectivity index is 2.17. The van der Waals surface area contributed by atoms with Crippen molar-refractivity contribution in [2.75, 3.05) is 17.7 Å². The maximum atomic E-state index is 11.0. The maximum Gasteiger partial charge on any atom is 0.152 e. The molecule has 158 valence electrons. The number of hydrogen-bond donors (Lipinski definition) is 2. The number of imidazole rings is 1. The Morgan fingerprint density at radius 2 is 2.28 bits per heavy atom. The van der Waals surface area contributed by atoms with Crippen molar-refractivity contribution in [1.29, 1.82) is 0 Å². The van der Waals surface area contributed by atoms with Crippen LogP contribution in [0.15, 0.2) is 48.1 Å². The number of nitrogens with zero attached hydrogens (tertiary/aromatic N) is 3. The first-order valence-electron chi connectivity index (χ1n) is 9.76. The second-order valence-corrected chi connectivity index (χ2v) is 8.39. The van der Waals surface area contributed by atoms with Gasteiger partial charge in [0.05, 0.1) is 11.9 Å². The lowest BCUT2D eigenvalue weighted by atomic mass is 9.99. The first kappa shape index (κ1) is 23.3. The molecule has 6 nitrogen and oxygen atoms in total. The lowest BCUT2D eigenvalue weighted by Crippen LogP contribution is -2.24. The Morgan fingerprint density at radius 3 is 2.93 bits per heavy atom. The molecule has 0 aliphatic rings. The van der Waals surface area contributed by atoms with E-state index in [2.05, 4.69) is 28.9 Å². The van der Waals surface area contributed by atoms with E-state index in [0.717, 1.165) is 36.3 Å². The average molecular weight is 437 g/mol. The standard InChI is InChI=1S/C21H29ClN4O2S/c1-4-6-8-17(11-12-29(27)28)14-24-21(5-2)25-26-16(3)23-15-20(26)18-9-7-10-19(22)13-18/h5,7,9-10,13,15,17H,2,4,6,8,11-12,14H2,1,3H3,(H,24,25)(H,27,28). The zero-order chi connectivity index (χ0) is 21.2. The molecule has 0 amide bonds. The van der Waals surface area contributed by atoms with Gasteiger partial charge in [0.25, 0.3) is 0 Å².